The molecule has 2 heterocycles. The monoisotopic (exact) mass is 694 g/mol. The number of oxazole rings is 1. The zero-order valence-corrected chi connectivity index (χ0v) is 29.9. The standard InChI is InChI=1S/C50H34N2O2/c1-50(2)41-22-9-8-20-38(41)48-42(50)23-12-24-44(48)52(34-18-10-17-33(27-34)37-21-11-16-31-13-6-7-19-36(31)37)35-25-26-45-39(28-35)40-29-47-43(30-46(40)53-45)51-49(54-47)32-14-4-3-5-15-32/h3-30H,1-2H3. The normalized spacial score (nSPS) is 13.1. The summed E-state index contributed by atoms with van der Waals surface area (Å²) in [5.74, 6) is 0.599. The van der Waals surface area contributed by atoms with E-state index in [-0.39, 0.29) is 5.41 Å². The number of nitrogens with zero attached hydrogens (tertiary/aromatic N) is 2. The fraction of sp³-hybridized carbons (Fsp3) is 0.0600. The van der Waals surface area contributed by atoms with Crippen LogP contribution in [0.3, 0.4) is 0 Å². The Balaban J connectivity index is 1.14. The summed E-state index contributed by atoms with van der Waals surface area (Å²) >= 11 is 0. The SMILES string of the molecule is CC1(C)c2ccccc2-c2c(N(c3cccc(-c4cccc5ccccc45)c3)c3ccc4oc5cc6nc(-c7ccccc7)oc6cc5c4c3)cccc21. The molecule has 256 valence electrons. The first-order valence-corrected chi connectivity index (χ1v) is 18.5. The molecule has 4 nitrogen and oxygen atoms in total. The van der Waals surface area contributed by atoms with E-state index in [1.54, 1.807) is 0 Å². The molecule has 0 amide bonds. The van der Waals surface area contributed by atoms with Gasteiger partial charge in [-0.3, -0.25) is 0 Å². The summed E-state index contributed by atoms with van der Waals surface area (Å²) in [7, 11) is 0. The maximum atomic E-state index is 6.49. The second-order valence-electron chi connectivity index (χ2n) is 14.8. The van der Waals surface area contributed by atoms with Crippen LogP contribution in [0.15, 0.2) is 179 Å². The highest BCUT2D eigenvalue weighted by Gasteiger charge is 2.37. The van der Waals surface area contributed by atoms with Crippen LogP contribution in [0.2, 0.25) is 0 Å². The number of fused-ring (bicyclic) bond motifs is 8. The molecule has 2 aromatic heterocycles. The third kappa shape index (κ3) is 4.60. The third-order valence-electron chi connectivity index (χ3n) is 11.3. The number of hydrogen-bond donors (Lipinski definition) is 0. The van der Waals surface area contributed by atoms with E-state index in [2.05, 4.69) is 152 Å². The van der Waals surface area contributed by atoms with Crippen LogP contribution in [0.5, 0.6) is 0 Å². The van der Waals surface area contributed by atoms with Crippen molar-refractivity contribution >= 4 is 60.9 Å². The zero-order chi connectivity index (χ0) is 36.0. The van der Waals surface area contributed by atoms with Crippen molar-refractivity contribution in [2.75, 3.05) is 4.90 Å². The molecule has 0 fully saturated rings. The van der Waals surface area contributed by atoms with E-state index in [1.807, 2.05) is 36.4 Å². The summed E-state index contributed by atoms with van der Waals surface area (Å²) in [4.78, 5) is 7.23. The number of rotatable bonds is 5. The molecule has 0 spiro atoms. The number of benzene rings is 8. The van der Waals surface area contributed by atoms with Gasteiger partial charge in [0.05, 0.1) is 5.69 Å². The van der Waals surface area contributed by atoms with Crippen LogP contribution >= 0.6 is 0 Å². The topological polar surface area (TPSA) is 42.4 Å². The van der Waals surface area contributed by atoms with Crippen LogP contribution in [0.4, 0.5) is 17.1 Å². The van der Waals surface area contributed by atoms with E-state index >= 15 is 0 Å². The highest BCUT2D eigenvalue weighted by molar-refractivity contribution is 6.10. The van der Waals surface area contributed by atoms with Gasteiger partial charge in [0.15, 0.2) is 5.58 Å². The van der Waals surface area contributed by atoms with Crippen LogP contribution in [0, 0.1) is 0 Å². The van der Waals surface area contributed by atoms with Crippen LogP contribution in [-0.4, -0.2) is 4.98 Å². The number of aromatic nitrogens is 1. The highest BCUT2D eigenvalue weighted by atomic mass is 16.4. The lowest BCUT2D eigenvalue weighted by Crippen LogP contribution is -2.16. The Bertz CT molecular complexity index is 3090. The lowest BCUT2D eigenvalue weighted by molar-refractivity contribution is 0.620. The zero-order valence-electron chi connectivity index (χ0n) is 29.9. The summed E-state index contributed by atoms with van der Waals surface area (Å²) in [6.07, 6.45) is 0. The Morgan fingerprint density at radius 2 is 1.19 bits per heavy atom. The molecule has 0 bridgehead atoms. The molecule has 0 N–H and O–H groups in total. The van der Waals surface area contributed by atoms with Crippen molar-refractivity contribution in [3.63, 3.8) is 0 Å². The van der Waals surface area contributed by atoms with Gasteiger partial charge in [-0.2, -0.15) is 0 Å². The molecule has 0 unspecified atom stereocenters. The summed E-state index contributed by atoms with van der Waals surface area (Å²) in [6.45, 7) is 4.67. The van der Waals surface area contributed by atoms with Gasteiger partial charge in [-0.1, -0.05) is 123 Å². The van der Waals surface area contributed by atoms with Crippen molar-refractivity contribution in [2.45, 2.75) is 19.3 Å². The lowest BCUT2D eigenvalue weighted by Gasteiger charge is -2.29. The molecule has 0 atom stereocenters. The first kappa shape index (κ1) is 30.7. The second-order valence-corrected chi connectivity index (χ2v) is 14.8. The van der Waals surface area contributed by atoms with E-state index in [0.29, 0.717) is 5.89 Å². The lowest BCUT2D eigenvalue weighted by atomic mass is 9.82. The fourth-order valence-electron chi connectivity index (χ4n) is 8.67. The van der Waals surface area contributed by atoms with Crippen LogP contribution < -0.4 is 4.90 Å². The number of hydrogen-bond acceptors (Lipinski definition) is 4. The summed E-state index contributed by atoms with van der Waals surface area (Å²) in [6, 6.07) is 60.4. The molecule has 1 aliphatic carbocycles. The average molecular weight is 695 g/mol. The molecule has 0 saturated heterocycles. The minimum absolute atomic E-state index is 0.135. The summed E-state index contributed by atoms with van der Waals surface area (Å²) in [5.41, 5.74) is 14.8. The maximum absolute atomic E-state index is 6.49. The van der Waals surface area contributed by atoms with Gasteiger partial charge in [0, 0.05) is 44.8 Å². The minimum atomic E-state index is -0.135. The molecule has 54 heavy (non-hydrogen) atoms. The number of anilines is 3. The summed E-state index contributed by atoms with van der Waals surface area (Å²) in [5, 5.41) is 4.47. The van der Waals surface area contributed by atoms with Crippen molar-refractivity contribution in [1.29, 1.82) is 0 Å². The molecular formula is C50H34N2O2. The third-order valence-corrected chi connectivity index (χ3v) is 11.3. The van der Waals surface area contributed by atoms with Gasteiger partial charge >= 0.3 is 0 Å². The predicted molar refractivity (Wildman–Crippen MR) is 222 cm³/mol. The van der Waals surface area contributed by atoms with Crippen molar-refractivity contribution in [3.8, 4) is 33.7 Å². The van der Waals surface area contributed by atoms with Gasteiger partial charge < -0.3 is 13.7 Å². The van der Waals surface area contributed by atoms with E-state index in [9.17, 15) is 0 Å². The van der Waals surface area contributed by atoms with Crippen molar-refractivity contribution in [2.24, 2.45) is 0 Å². The van der Waals surface area contributed by atoms with Crippen LogP contribution in [-0.2, 0) is 5.41 Å². The predicted octanol–water partition coefficient (Wildman–Crippen LogP) is 14.0. The van der Waals surface area contributed by atoms with Crippen molar-refractivity contribution in [3.05, 3.63) is 181 Å². The van der Waals surface area contributed by atoms with Gasteiger partial charge in [-0.25, -0.2) is 4.98 Å². The molecule has 8 aromatic carbocycles. The Kier molecular flexibility index (Phi) is 6.56. The average Bonchev–Trinajstić information content (AvgIpc) is 3.87. The largest absolute Gasteiger partial charge is 0.456 e. The maximum Gasteiger partial charge on any atom is 0.227 e. The van der Waals surface area contributed by atoms with Gasteiger partial charge in [0.2, 0.25) is 5.89 Å². The van der Waals surface area contributed by atoms with E-state index in [4.69, 9.17) is 13.8 Å². The minimum Gasteiger partial charge on any atom is -0.456 e. The molecule has 0 saturated carbocycles. The Morgan fingerprint density at radius 1 is 0.481 bits per heavy atom. The molecule has 1 aliphatic rings. The quantitative estimate of drug-likeness (QED) is 0.180. The van der Waals surface area contributed by atoms with Gasteiger partial charge in [-0.05, 0) is 93.2 Å². The number of furan rings is 1. The smallest absolute Gasteiger partial charge is 0.227 e. The first-order chi connectivity index (χ1) is 26.5. The fourth-order valence-corrected chi connectivity index (χ4v) is 8.67. The van der Waals surface area contributed by atoms with Gasteiger partial charge in [0.25, 0.3) is 0 Å². The first-order valence-electron chi connectivity index (χ1n) is 18.5. The molecule has 0 radical (unpaired) electrons. The summed E-state index contributed by atoms with van der Waals surface area (Å²) < 4.78 is 12.8. The van der Waals surface area contributed by atoms with Crippen molar-refractivity contribution in [1.82, 2.24) is 4.98 Å². The van der Waals surface area contributed by atoms with E-state index < -0.39 is 0 Å². The van der Waals surface area contributed by atoms with E-state index in [1.165, 1.54) is 44.2 Å². The second kappa shape index (κ2) is 11.5. The van der Waals surface area contributed by atoms with Crippen molar-refractivity contribution < 1.29 is 8.83 Å². The van der Waals surface area contributed by atoms with E-state index in [0.717, 1.165) is 55.7 Å². The van der Waals surface area contributed by atoms with Gasteiger partial charge in [0.1, 0.15) is 16.7 Å². The molecule has 0 aliphatic heterocycles. The molecule has 4 heteroatoms. The Hall–Kier alpha value is -6.91. The molecule has 10 aromatic rings. The Morgan fingerprint density at radius 3 is 2.11 bits per heavy atom. The van der Waals surface area contributed by atoms with Gasteiger partial charge in [-0.15, -0.1) is 0 Å². The Labute approximate surface area is 312 Å². The van der Waals surface area contributed by atoms with Crippen LogP contribution in [0.1, 0.15) is 25.0 Å². The molecular weight excluding hydrogens is 661 g/mol. The van der Waals surface area contributed by atoms with Crippen LogP contribution in [0.25, 0.3) is 77.5 Å². The highest BCUT2D eigenvalue weighted by Crippen LogP contribution is 2.54. The molecule has 11 rings (SSSR count).